The second-order valence-corrected chi connectivity index (χ2v) is 10.0. The molecule has 2 saturated heterocycles. The lowest BCUT2D eigenvalue weighted by molar-refractivity contribution is -0.0581. The summed E-state index contributed by atoms with van der Waals surface area (Å²) in [5, 5.41) is 14.7. The lowest BCUT2D eigenvalue weighted by atomic mass is 9.74. The van der Waals surface area contributed by atoms with E-state index in [2.05, 4.69) is 27.1 Å². The van der Waals surface area contributed by atoms with Gasteiger partial charge in [-0.15, -0.1) is 0 Å². The molecule has 7 heteroatoms. The molecule has 3 aromatic rings. The molecular weight excluding hydrogens is 431 g/mol. The molecule has 6 nitrogen and oxygen atoms in total. The van der Waals surface area contributed by atoms with Gasteiger partial charge in [-0.3, -0.25) is 4.79 Å². The molecule has 34 heavy (non-hydrogen) atoms. The number of amides is 1. The summed E-state index contributed by atoms with van der Waals surface area (Å²) in [6.45, 7) is 5.58. The number of H-pyrrole nitrogens is 1. The molecular formula is C27H33FN4O2. The Morgan fingerprint density at radius 1 is 1.12 bits per heavy atom. The van der Waals surface area contributed by atoms with Crippen molar-refractivity contribution >= 4 is 28.2 Å². The molecule has 5 rings (SSSR count). The molecule has 0 spiro atoms. The van der Waals surface area contributed by atoms with E-state index in [4.69, 9.17) is 0 Å². The van der Waals surface area contributed by atoms with E-state index in [1.165, 1.54) is 6.07 Å². The van der Waals surface area contributed by atoms with Crippen LogP contribution in [-0.4, -0.2) is 59.7 Å². The number of nitrogens with one attached hydrogen (secondary N) is 2. The summed E-state index contributed by atoms with van der Waals surface area (Å²) < 4.78 is 14.1. The molecule has 2 fully saturated rings. The van der Waals surface area contributed by atoms with Gasteiger partial charge in [-0.25, -0.2) is 4.39 Å². The highest BCUT2D eigenvalue weighted by Gasteiger charge is 2.40. The van der Waals surface area contributed by atoms with Gasteiger partial charge in [-0.1, -0.05) is 12.1 Å². The number of likely N-dealkylation sites (tertiary alicyclic amines) is 1. The number of carbonyl (C=O) groups excluding carboxylic acids is 1. The number of aliphatic hydroxyl groups is 1. The fraction of sp³-hybridized carbons (Fsp3) is 0.444. The van der Waals surface area contributed by atoms with Gasteiger partial charge in [0.2, 0.25) is 0 Å². The number of aryl methyl sites for hydroxylation is 1. The molecule has 180 valence electrons. The second-order valence-electron chi connectivity index (χ2n) is 10.0. The van der Waals surface area contributed by atoms with E-state index in [-0.39, 0.29) is 11.7 Å². The summed E-state index contributed by atoms with van der Waals surface area (Å²) in [7, 11) is 2.14. The van der Waals surface area contributed by atoms with Gasteiger partial charge in [-0.2, -0.15) is 0 Å². The first-order chi connectivity index (χ1) is 16.3. The van der Waals surface area contributed by atoms with Gasteiger partial charge in [0.25, 0.3) is 5.91 Å². The summed E-state index contributed by atoms with van der Waals surface area (Å²) in [6, 6.07) is 12.5. The Morgan fingerprint density at radius 3 is 2.56 bits per heavy atom. The molecule has 2 aliphatic rings. The van der Waals surface area contributed by atoms with Crippen LogP contribution in [0.15, 0.2) is 42.5 Å². The van der Waals surface area contributed by atoms with Gasteiger partial charge in [0.15, 0.2) is 0 Å². The number of hydrogen-bond donors (Lipinski definition) is 3. The number of carbonyl (C=O) groups is 1. The maximum atomic E-state index is 14.1. The lowest BCUT2D eigenvalue weighted by Crippen LogP contribution is -2.51. The fourth-order valence-electron chi connectivity index (χ4n) is 5.53. The third-order valence-corrected chi connectivity index (χ3v) is 7.77. The Morgan fingerprint density at radius 2 is 1.85 bits per heavy atom. The molecule has 2 aliphatic heterocycles. The van der Waals surface area contributed by atoms with Gasteiger partial charge >= 0.3 is 0 Å². The van der Waals surface area contributed by atoms with E-state index in [1.807, 2.05) is 31.2 Å². The quantitative estimate of drug-likeness (QED) is 0.530. The van der Waals surface area contributed by atoms with E-state index in [9.17, 15) is 14.3 Å². The van der Waals surface area contributed by atoms with Crippen molar-refractivity contribution in [2.45, 2.75) is 38.2 Å². The van der Waals surface area contributed by atoms with Gasteiger partial charge in [0.05, 0.1) is 11.1 Å². The highest BCUT2D eigenvalue weighted by Crippen LogP contribution is 2.37. The van der Waals surface area contributed by atoms with Crippen molar-refractivity contribution in [2.75, 3.05) is 43.4 Å². The summed E-state index contributed by atoms with van der Waals surface area (Å²) in [4.78, 5) is 20.5. The predicted molar refractivity (Wildman–Crippen MR) is 134 cm³/mol. The van der Waals surface area contributed by atoms with Gasteiger partial charge < -0.3 is 25.2 Å². The minimum Gasteiger partial charge on any atom is -0.389 e. The highest BCUT2D eigenvalue weighted by molar-refractivity contribution is 6.06. The average molecular weight is 465 g/mol. The van der Waals surface area contributed by atoms with Crippen molar-refractivity contribution in [2.24, 2.45) is 5.92 Å². The minimum absolute atomic E-state index is 0.303. The van der Waals surface area contributed by atoms with Crippen LogP contribution in [0.5, 0.6) is 0 Å². The number of piperidine rings is 2. The molecule has 0 radical (unpaired) electrons. The second kappa shape index (κ2) is 9.04. The molecule has 0 aliphatic carbocycles. The highest BCUT2D eigenvalue weighted by atomic mass is 19.1. The van der Waals surface area contributed by atoms with Crippen LogP contribution in [0.25, 0.3) is 10.9 Å². The first-order valence-electron chi connectivity index (χ1n) is 12.2. The van der Waals surface area contributed by atoms with Crippen LogP contribution in [0, 0.1) is 18.7 Å². The molecule has 2 aromatic carbocycles. The zero-order valence-corrected chi connectivity index (χ0v) is 19.9. The van der Waals surface area contributed by atoms with E-state index in [0.717, 1.165) is 63.1 Å². The monoisotopic (exact) mass is 464 g/mol. The van der Waals surface area contributed by atoms with Crippen molar-refractivity contribution < 1.29 is 14.3 Å². The molecule has 0 atom stereocenters. The number of aromatic amines is 1. The summed E-state index contributed by atoms with van der Waals surface area (Å²) in [5.41, 5.74) is 3.00. The van der Waals surface area contributed by atoms with E-state index < -0.39 is 5.60 Å². The zero-order valence-electron chi connectivity index (χ0n) is 19.9. The van der Waals surface area contributed by atoms with Crippen LogP contribution in [0.1, 0.15) is 41.7 Å². The predicted octanol–water partition coefficient (Wildman–Crippen LogP) is 4.54. The Kier molecular flexibility index (Phi) is 6.08. The Hall–Kier alpha value is -2.90. The number of aromatic nitrogens is 1. The van der Waals surface area contributed by atoms with E-state index in [0.29, 0.717) is 28.2 Å². The van der Waals surface area contributed by atoms with Crippen molar-refractivity contribution in [3.8, 4) is 0 Å². The number of fused-ring (bicyclic) bond motifs is 1. The topological polar surface area (TPSA) is 71.6 Å². The molecule has 1 aromatic heterocycles. The number of benzene rings is 2. The third kappa shape index (κ3) is 4.42. The average Bonchev–Trinajstić information content (AvgIpc) is 3.30. The standard InChI is InChI=1S/C27H33FN4O2/c1-18-6-7-23(28)22-17-24(30-25(18)22)26(33)29-20-4-3-5-21(16-20)32-14-10-27(34,11-15-32)19-8-12-31(2)13-9-19/h3-7,16-17,19,30,34H,8-15H2,1-2H3,(H,29,33). The normalized spacial score (nSPS) is 19.5. The van der Waals surface area contributed by atoms with E-state index >= 15 is 0 Å². The van der Waals surface area contributed by atoms with Crippen LogP contribution in [0.2, 0.25) is 0 Å². The molecule has 0 unspecified atom stereocenters. The summed E-state index contributed by atoms with van der Waals surface area (Å²) in [6.07, 6.45) is 3.65. The van der Waals surface area contributed by atoms with Crippen molar-refractivity contribution in [3.05, 3.63) is 59.5 Å². The Balaban J connectivity index is 1.25. The van der Waals surface area contributed by atoms with Crippen molar-refractivity contribution in [1.29, 1.82) is 0 Å². The third-order valence-electron chi connectivity index (χ3n) is 7.77. The largest absolute Gasteiger partial charge is 0.389 e. The number of nitrogens with zero attached hydrogens (tertiary/aromatic N) is 2. The van der Waals surface area contributed by atoms with Crippen molar-refractivity contribution in [3.63, 3.8) is 0 Å². The summed E-state index contributed by atoms with van der Waals surface area (Å²) >= 11 is 0. The SMILES string of the molecule is Cc1ccc(F)c2cc(C(=O)Nc3cccc(N4CCC(O)(C5CCN(C)CC5)CC4)c3)[nH]c12. The van der Waals surface area contributed by atoms with Crippen LogP contribution in [-0.2, 0) is 0 Å². The molecule has 0 saturated carbocycles. The van der Waals surface area contributed by atoms with E-state index in [1.54, 1.807) is 12.1 Å². The first-order valence-corrected chi connectivity index (χ1v) is 12.2. The molecule has 3 heterocycles. The Labute approximate surface area is 199 Å². The molecule has 1 amide bonds. The van der Waals surface area contributed by atoms with Gasteiger partial charge in [0.1, 0.15) is 11.5 Å². The van der Waals surface area contributed by atoms with Crippen LogP contribution >= 0.6 is 0 Å². The fourth-order valence-corrected chi connectivity index (χ4v) is 5.53. The van der Waals surface area contributed by atoms with Crippen LogP contribution < -0.4 is 10.2 Å². The molecule has 0 bridgehead atoms. The van der Waals surface area contributed by atoms with Crippen LogP contribution in [0.4, 0.5) is 15.8 Å². The van der Waals surface area contributed by atoms with Gasteiger partial charge in [0, 0.05) is 29.9 Å². The minimum atomic E-state index is -0.577. The number of halogens is 1. The Bertz CT molecular complexity index is 1150. The zero-order chi connectivity index (χ0) is 23.9. The number of anilines is 2. The number of rotatable bonds is 4. The molecule has 3 N–H and O–H groups in total. The van der Waals surface area contributed by atoms with Crippen LogP contribution in [0.3, 0.4) is 0 Å². The van der Waals surface area contributed by atoms with Gasteiger partial charge in [-0.05, 0) is 94.6 Å². The summed E-state index contributed by atoms with van der Waals surface area (Å²) in [5.74, 6) is -0.271. The maximum Gasteiger partial charge on any atom is 0.272 e. The smallest absolute Gasteiger partial charge is 0.272 e. The van der Waals surface area contributed by atoms with Crippen molar-refractivity contribution in [1.82, 2.24) is 9.88 Å². The maximum absolute atomic E-state index is 14.1. The lowest BCUT2D eigenvalue weighted by Gasteiger charge is -2.46. The number of hydrogen-bond acceptors (Lipinski definition) is 4. The first kappa shape index (κ1) is 22.9.